The third-order valence-corrected chi connectivity index (χ3v) is 9.65. The summed E-state index contributed by atoms with van der Waals surface area (Å²) < 4.78 is 33.4. The molecule has 0 heterocycles. The van der Waals surface area contributed by atoms with Gasteiger partial charge in [0.2, 0.25) is 0 Å². The average molecular weight is 542 g/mol. The van der Waals surface area contributed by atoms with E-state index in [0.717, 1.165) is 25.3 Å². The van der Waals surface area contributed by atoms with Gasteiger partial charge in [0.15, 0.2) is 6.10 Å². The zero-order valence-corrected chi connectivity index (χ0v) is 22.1. The molecule has 2 N–H and O–H groups in total. The fourth-order valence-corrected chi connectivity index (χ4v) is 8.11. The third-order valence-electron chi connectivity index (χ3n) is 8.12. The number of carbonyl (C=O) groups is 2. The molecule has 4 aliphatic rings. The van der Waals surface area contributed by atoms with Gasteiger partial charge in [-0.2, -0.15) is 0 Å². The first-order valence-electron chi connectivity index (χ1n) is 12.8. The number of esters is 1. The molecular weight excluding hydrogens is 510 g/mol. The Hall–Kier alpha value is -3.47. The van der Waals surface area contributed by atoms with Gasteiger partial charge in [0.05, 0.1) is 15.4 Å². The van der Waals surface area contributed by atoms with E-state index in [0.29, 0.717) is 23.3 Å². The van der Waals surface area contributed by atoms with Crippen LogP contribution in [-0.2, 0) is 19.6 Å². The molecule has 0 aromatic heterocycles. The maximum absolute atomic E-state index is 12.9. The number of rotatable bonds is 8. The predicted octanol–water partition coefficient (Wildman–Crippen LogP) is 4.33. The number of hydrogen-bond acceptors (Lipinski definition) is 7. The molecule has 202 valence electrons. The highest BCUT2D eigenvalue weighted by Gasteiger charge is 2.51. The fraction of sp³-hybridized carbons (Fsp3) is 0.481. The van der Waals surface area contributed by atoms with Crippen molar-refractivity contribution in [3.05, 3.63) is 63.7 Å². The number of hydrogen-bond donors (Lipinski definition) is 2. The molecule has 4 bridgehead atoms. The highest BCUT2D eigenvalue weighted by atomic mass is 32.2. The number of nitro benzene ring substituents is 1. The van der Waals surface area contributed by atoms with Gasteiger partial charge in [-0.1, -0.05) is 6.07 Å². The van der Waals surface area contributed by atoms with Crippen molar-refractivity contribution in [1.82, 2.24) is 5.32 Å². The molecule has 0 radical (unpaired) electrons. The number of nitrogens with one attached hydrogen (secondary N) is 2. The lowest BCUT2D eigenvalue weighted by molar-refractivity contribution is -0.385. The summed E-state index contributed by atoms with van der Waals surface area (Å²) in [4.78, 5) is 35.8. The number of benzene rings is 2. The van der Waals surface area contributed by atoms with Gasteiger partial charge >= 0.3 is 5.97 Å². The highest BCUT2D eigenvalue weighted by Crippen LogP contribution is 2.55. The van der Waals surface area contributed by atoms with E-state index in [1.165, 1.54) is 62.6 Å². The minimum atomic E-state index is -4.11. The molecular formula is C27H31N3O7S. The van der Waals surface area contributed by atoms with Gasteiger partial charge in [0.1, 0.15) is 0 Å². The number of ether oxygens (including phenoxy) is 1. The molecule has 4 fully saturated rings. The maximum atomic E-state index is 12.9. The van der Waals surface area contributed by atoms with Crippen molar-refractivity contribution in [2.45, 2.75) is 68.9 Å². The minimum Gasteiger partial charge on any atom is -0.449 e. The van der Waals surface area contributed by atoms with Crippen LogP contribution in [0, 0.1) is 34.8 Å². The standard InChI is InChI=1S/C27H31N3O7S/c1-16-3-8-23(30(33)34)12-24(16)38(35,36)29-22-6-4-21(5-7-22)26(32)37-17(2)25(31)28-27-13-18-9-19(14-27)11-20(10-18)15-27/h3-8,12,17-20,29H,9-11,13-15H2,1-2H3,(H,28,31)/t17-,18?,19?,20?,27?/m0/s1. The Kier molecular flexibility index (Phi) is 6.66. The number of sulfonamides is 1. The lowest BCUT2D eigenvalue weighted by Crippen LogP contribution is -2.61. The van der Waals surface area contributed by atoms with Crippen LogP contribution in [0.2, 0.25) is 0 Å². The summed E-state index contributed by atoms with van der Waals surface area (Å²) in [6.45, 7) is 3.09. The summed E-state index contributed by atoms with van der Waals surface area (Å²) in [5.74, 6) is 1.04. The first-order valence-corrected chi connectivity index (χ1v) is 14.3. The van der Waals surface area contributed by atoms with Gasteiger partial charge < -0.3 is 10.1 Å². The van der Waals surface area contributed by atoms with Gasteiger partial charge in [-0.3, -0.25) is 19.6 Å². The Balaban J connectivity index is 1.20. The van der Waals surface area contributed by atoms with E-state index < -0.39 is 27.0 Å². The minimum absolute atomic E-state index is 0.161. The zero-order chi connectivity index (χ0) is 27.2. The van der Waals surface area contributed by atoms with Crippen molar-refractivity contribution < 1.29 is 27.7 Å². The SMILES string of the molecule is Cc1ccc([N+](=O)[O-])cc1S(=O)(=O)Nc1ccc(C(=O)O[C@@H](C)C(=O)NC23CC4CC(CC(C4)C2)C3)cc1. The Morgan fingerprint density at radius 2 is 1.61 bits per heavy atom. The Morgan fingerprint density at radius 1 is 1.03 bits per heavy atom. The second kappa shape index (κ2) is 9.68. The van der Waals surface area contributed by atoms with Gasteiger partial charge in [0, 0.05) is 23.4 Å². The maximum Gasteiger partial charge on any atom is 0.338 e. The topological polar surface area (TPSA) is 145 Å². The third kappa shape index (κ3) is 5.24. The van der Waals surface area contributed by atoms with Crippen LogP contribution >= 0.6 is 0 Å². The molecule has 4 aliphatic carbocycles. The molecule has 0 spiro atoms. The first-order chi connectivity index (χ1) is 17.9. The Morgan fingerprint density at radius 3 is 2.16 bits per heavy atom. The van der Waals surface area contributed by atoms with E-state index in [1.807, 2.05) is 0 Å². The van der Waals surface area contributed by atoms with Crippen molar-refractivity contribution in [2.24, 2.45) is 17.8 Å². The Labute approximate surface area is 221 Å². The molecule has 10 nitrogen and oxygen atoms in total. The van der Waals surface area contributed by atoms with E-state index in [4.69, 9.17) is 4.74 Å². The molecule has 1 amide bonds. The van der Waals surface area contributed by atoms with E-state index in [-0.39, 0.29) is 33.3 Å². The molecule has 0 unspecified atom stereocenters. The van der Waals surface area contributed by atoms with E-state index in [1.54, 1.807) is 6.92 Å². The highest BCUT2D eigenvalue weighted by molar-refractivity contribution is 7.92. The Bertz CT molecular complexity index is 1350. The van der Waals surface area contributed by atoms with Crippen molar-refractivity contribution in [3.8, 4) is 0 Å². The van der Waals surface area contributed by atoms with Crippen molar-refractivity contribution in [3.63, 3.8) is 0 Å². The van der Waals surface area contributed by atoms with E-state index in [9.17, 15) is 28.1 Å². The van der Waals surface area contributed by atoms with E-state index in [2.05, 4.69) is 10.0 Å². The smallest absolute Gasteiger partial charge is 0.338 e. The first kappa shape index (κ1) is 26.1. The largest absolute Gasteiger partial charge is 0.449 e. The zero-order valence-electron chi connectivity index (χ0n) is 21.3. The summed E-state index contributed by atoms with van der Waals surface area (Å²) in [6.07, 6.45) is 5.81. The van der Waals surface area contributed by atoms with Crippen molar-refractivity contribution in [2.75, 3.05) is 4.72 Å². The van der Waals surface area contributed by atoms with Gasteiger partial charge in [-0.05, 0) is 100.0 Å². The second-order valence-electron chi connectivity index (χ2n) is 11.1. The fourth-order valence-electron chi connectivity index (χ4n) is 6.79. The molecule has 6 rings (SSSR count). The predicted molar refractivity (Wildman–Crippen MR) is 139 cm³/mol. The van der Waals surface area contributed by atoms with Crippen molar-refractivity contribution in [1.29, 1.82) is 0 Å². The quantitative estimate of drug-likeness (QED) is 0.287. The molecule has 0 saturated heterocycles. The number of carbonyl (C=O) groups excluding carboxylic acids is 2. The van der Waals surface area contributed by atoms with Crippen LogP contribution in [-0.4, -0.2) is 36.9 Å². The van der Waals surface area contributed by atoms with E-state index >= 15 is 0 Å². The molecule has 2 aromatic carbocycles. The summed E-state index contributed by atoms with van der Waals surface area (Å²) in [7, 11) is -4.11. The van der Waals surface area contributed by atoms with Crippen LogP contribution in [0.25, 0.3) is 0 Å². The summed E-state index contributed by atoms with van der Waals surface area (Å²) in [5, 5.41) is 14.3. The van der Waals surface area contributed by atoms with Crippen LogP contribution in [0.5, 0.6) is 0 Å². The van der Waals surface area contributed by atoms with Crippen LogP contribution < -0.4 is 10.0 Å². The molecule has 4 saturated carbocycles. The van der Waals surface area contributed by atoms with Gasteiger partial charge in [0.25, 0.3) is 21.6 Å². The number of nitrogens with zero attached hydrogens (tertiary/aromatic N) is 1. The van der Waals surface area contributed by atoms with Crippen molar-refractivity contribution >= 4 is 33.3 Å². The summed E-state index contributed by atoms with van der Waals surface area (Å²) >= 11 is 0. The molecule has 11 heteroatoms. The summed E-state index contributed by atoms with van der Waals surface area (Å²) in [6, 6.07) is 9.17. The van der Waals surface area contributed by atoms with Gasteiger partial charge in [-0.15, -0.1) is 0 Å². The van der Waals surface area contributed by atoms with Gasteiger partial charge in [-0.25, -0.2) is 13.2 Å². The van der Waals surface area contributed by atoms with Crippen LogP contribution in [0.1, 0.15) is 61.4 Å². The number of amides is 1. The number of non-ortho nitro benzene ring substituents is 1. The molecule has 0 aliphatic heterocycles. The summed E-state index contributed by atoms with van der Waals surface area (Å²) in [5.41, 5.74) is 0.163. The van der Waals surface area contributed by atoms with Crippen LogP contribution in [0.15, 0.2) is 47.4 Å². The number of aryl methyl sites for hydroxylation is 1. The van der Waals surface area contributed by atoms with Crippen LogP contribution in [0.3, 0.4) is 0 Å². The average Bonchev–Trinajstić information content (AvgIpc) is 2.83. The second-order valence-corrected chi connectivity index (χ2v) is 12.8. The molecule has 38 heavy (non-hydrogen) atoms. The lowest BCUT2D eigenvalue weighted by atomic mass is 9.53. The number of nitro groups is 1. The van der Waals surface area contributed by atoms with Crippen LogP contribution in [0.4, 0.5) is 11.4 Å². The lowest BCUT2D eigenvalue weighted by Gasteiger charge is -2.57. The monoisotopic (exact) mass is 541 g/mol. The normalized spacial score (nSPS) is 26.4. The number of anilines is 1. The molecule has 1 atom stereocenters. The molecule has 2 aromatic rings.